The number of ether oxygens (including phenoxy) is 2. The Kier molecular flexibility index (Phi) is 39.8. The summed E-state index contributed by atoms with van der Waals surface area (Å²) >= 11 is 0. The van der Waals surface area contributed by atoms with Crippen molar-refractivity contribution in [3.8, 4) is 0 Å². The van der Waals surface area contributed by atoms with Gasteiger partial charge >= 0.3 is 19.8 Å². The number of allylic oxidation sites excluding steroid dienone is 7. The van der Waals surface area contributed by atoms with Crippen LogP contribution in [0.2, 0.25) is 0 Å². The first kappa shape index (κ1) is 56.9. The van der Waals surface area contributed by atoms with Gasteiger partial charge in [0.2, 0.25) is 0 Å². The van der Waals surface area contributed by atoms with Crippen molar-refractivity contribution in [2.24, 2.45) is 5.92 Å². The Morgan fingerprint density at radius 3 is 1.58 bits per heavy atom. The lowest BCUT2D eigenvalue weighted by molar-refractivity contribution is -0.161. The zero-order chi connectivity index (χ0) is 43.7. The number of carbonyl (C=O) groups is 2. The topological polar surface area (TPSA) is 169 Å². The van der Waals surface area contributed by atoms with Gasteiger partial charge in [0.25, 0.3) is 0 Å². The number of aliphatic hydroxyl groups excluding tert-OH is 3. The number of esters is 2. The average molecular weight is 857 g/mol. The van der Waals surface area contributed by atoms with E-state index in [2.05, 4.69) is 55.7 Å². The van der Waals surface area contributed by atoms with E-state index in [0.29, 0.717) is 25.7 Å². The van der Waals surface area contributed by atoms with E-state index in [1.165, 1.54) is 77.0 Å². The van der Waals surface area contributed by atoms with Gasteiger partial charge in [-0.2, -0.15) is 0 Å². The molecular weight excluding hydrogens is 771 g/mol. The third-order valence-electron chi connectivity index (χ3n) is 9.72. The normalized spacial score (nSPS) is 14.8. The summed E-state index contributed by atoms with van der Waals surface area (Å²) in [6.07, 6.45) is 40.0. The molecule has 59 heavy (non-hydrogen) atoms. The minimum absolute atomic E-state index is 0.151. The van der Waals surface area contributed by atoms with Crippen molar-refractivity contribution >= 4 is 19.8 Å². The van der Waals surface area contributed by atoms with Crippen LogP contribution in [0, 0.1) is 5.92 Å². The highest BCUT2D eigenvalue weighted by molar-refractivity contribution is 7.47. The smallest absolute Gasteiger partial charge is 0.462 e. The fourth-order valence-corrected chi connectivity index (χ4v) is 6.98. The number of hydrogen-bond acceptors (Lipinski definition) is 10. The summed E-state index contributed by atoms with van der Waals surface area (Å²) in [6.45, 7) is 4.46. The van der Waals surface area contributed by atoms with Crippen LogP contribution in [0.5, 0.6) is 0 Å². The number of unbranched alkanes of at least 4 members (excludes halogenated alkanes) is 15. The molecule has 2 unspecified atom stereocenters. The molecule has 4 atom stereocenters. The van der Waals surface area contributed by atoms with Crippen molar-refractivity contribution in [1.82, 2.24) is 0 Å². The SMILES string of the molecule is CCCC(O)C/C=C\C/C=C\C/C=C\C/C=C\CCCC(=O)OC[C@H](COP(=O)(O)OC[C@@H](O)CO)OC(=O)CCCCCCCCCCCCCCCCCC(C)C. The Bertz CT molecular complexity index is 1150. The third kappa shape index (κ3) is 42.4. The predicted octanol–water partition coefficient (Wildman–Crippen LogP) is 11.3. The molecule has 0 spiro atoms. The van der Waals surface area contributed by atoms with Gasteiger partial charge < -0.3 is 29.7 Å². The minimum atomic E-state index is -4.64. The molecule has 11 nitrogen and oxygen atoms in total. The largest absolute Gasteiger partial charge is 0.472 e. The molecule has 0 saturated heterocycles. The van der Waals surface area contributed by atoms with E-state index >= 15 is 0 Å². The summed E-state index contributed by atoms with van der Waals surface area (Å²) in [5.41, 5.74) is 0. The molecule has 0 aromatic carbocycles. The second-order valence-corrected chi connectivity index (χ2v) is 17.5. The first-order chi connectivity index (χ1) is 28.5. The van der Waals surface area contributed by atoms with Crippen LogP contribution >= 0.6 is 7.82 Å². The van der Waals surface area contributed by atoms with Gasteiger partial charge in [-0.1, -0.05) is 172 Å². The van der Waals surface area contributed by atoms with Gasteiger partial charge in [-0.15, -0.1) is 0 Å². The van der Waals surface area contributed by atoms with E-state index in [-0.39, 0.29) is 25.6 Å². The molecule has 0 rings (SSSR count). The standard InChI is InChI=1S/C47H85O11P/c1-4-33-43(49)35-30-26-22-18-14-10-8-12-15-19-23-27-31-36-46(51)55-40-45(41-57-59(53,54)56-39-44(50)38-48)58-47(52)37-32-28-24-20-16-11-7-5-6-9-13-17-21-25-29-34-42(2)3/h8,12,14,18-19,23,26,30,42-45,48-50H,4-7,9-11,13,15-17,20-22,24-25,27-29,31-41H2,1-3H3,(H,53,54)/b12-8-,18-14-,23-19-,30-26-/t43?,44-,45+/m0/s1. The van der Waals surface area contributed by atoms with Crippen LogP contribution in [0.4, 0.5) is 0 Å². The van der Waals surface area contributed by atoms with Gasteiger partial charge in [-0.05, 0) is 57.3 Å². The first-order valence-corrected chi connectivity index (χ1v) is 24.5. The molecule has 0 bridgehead atoms. The number of hydrogen-bond donors (Lipinski definition) is 4. The van der Waals surface area contributed by atoms with E-state index in [9.17, 15) is 29.3 Å². The van der Waals surface area contributed by atoms with Crippen molar-refractivity contribution < 1.29 is 52.9 Å². The van der Waals surface area contributed by atoms with Crippen LogP contribution in [0.1, 0.15) is 188 Å². The molecule has 4 N–H and O–H groups in total. The number of phosphoric acid groups is 1. The highest BCUT2D eigenvalue weighted by atomic mass is 31.2. The molecule has 0 radical (unpaired) electrons. The molecule has 0 aromatic heterocycles. The van der Waals surface area contributed by atoms with Gasteiger partial charge in [-0.3, -0.25) is 18.6 Å². The third-order valence-corrected chi connectivity index (χ3v) is 10.7. The molecule has 0 saturated carbocycles. The highest BCUT2D eigenvalue weighted by Gasteiger charge is 2.27. The summed E-state index contributed by atoms with van der Waals surface area (Å²) in [4.78, 5) is 35.0. The molecule has 0 aromatic rings. The van der Waals surface area contributed by atoms with Crippen molar-refractivity contribution in [2.75, 3.05) is 26.4 Å². The molecule has 12 heteroatoms. The molecular formula is C47H85O11P. The van der Waals surface area contributed by atoms with Crippen LogP contribution < -0.4 is 0 Å². The quantitative estimate of drug-likeness (QED) is 0.0199. The summed E-state index contributed by atoms with van der Waals surface area (Å²) in [7, 11) is -4.64. The minimum Gasteiger partial charge on any atom is -0.462 e. The Labute approximate surface area is 358 Å². The van der Waals surface area contributed by atoms with Crippen molar-refractivity contribution in [1.29, 1.82) is 0 Å². The number of rotatable bonds is 42. The fraction of sp³-hybridized carbons (Fsp3) is 0.787. The van der Waals surface area contributed by atoms with Crippen LogP contribution in [0.15, 0.2) is 48.6 Å². The van der Waals surface area contributed by atoms with Crippen LogP contribution in [-0.2, 0) is 32.7 Å². The molecule has 0 aliphatic rings. The van der Waals surface area contributed by atoms with E-state index < -0.39 is 51.8 Å². The van der Waals surface area contributed by atoms with E-state index in [1.807, 2.05) is 18.2 Å². The monoisotopic (exact) mass is 857 g/mol. The highest BCUT2D eigenvalue weighted by Crippen LogP contribution is 2.43. The van der Waals surface area contributed by atoms with Crippen LogP contribution in [-0.4, -0.2) is 76.9 Å². The molecule has 0 heterocycles. The second-order valence-electron chi connectivity index (χ2n) is 16.1. The summed E-state index contributed by atoms with van der Waals surface area (Å²) in [6, 6.07) is 0. The predicted molar refractivity (Wildman–Crippen MR) is 239 cm³/mol. The molecule has 0 aliphatic carbocycles. The number of phosphoric ester groups is 1. The zero-order valence-electron chi connectivity index (χ0n) is 37.2. The Balaban J connectivity index is 4.35. The van der Waals surface area contributed by atoms with Crippen LogP contribution in [0.25, 0.3) is 0 Å². The van der Waals surface area contributed by atoms with Gasteiger partial charge in [0, 0.05) is 12.8 Å². The lowest BCUT2D eigenvalue weighted by Crippen LogP contribution is -2.29. The van der Waals surface area contributed by atoms with Crippen molar-refractivity contribution in [3.63, 3.8) is 0 Å². The lowest BCUT2D eigenvalue weighted by Gasteiger charge is -2.20. The molecule has 0 aliphatic heterocycles. The Morgan fingerprint density at radius 2 is 1.05 bits per heavy atom. The molecule has 0 fully saturated rings. The number of carbonyl (C=O) groups excluding carboxylic acids is 2. The summed E-state index contributed by atoms with van der Waals surface area (Å²) in [5.74, 6) is -0.186. The van der Waals surface area contributed by atoms with E-state index in [4.69, 9.17) is 19.1 Å². The van der Waals surface area contributed by atoms with E-state index in [0.717, 1.165) is 57.3 Å². The lowest BCUT2D eigenvalue weighted by atomic mass is 10.0. The van der Waals surface area contributed by atoms with Crippen LogP contribution in [0.3, 0.4) is 0 Å². The summed E-state index contributed by atoms with van der Waals surface area (Å²) in [5, 5.41) is 28.1. The first-order valence-electron chi connectivity index (χ1n) is 23.0. The Morgan fingerprint density at radius 1 is 0.576 bits per heavy atom. The van der Waals surface area contributed by atoms with Gasteiger partial charge in [0.15, 0.2) is 6.10 Å². The maximum absolute atomic E-state index is 12.6. The molecule has 344 valence electrons. The zero-order valence-corrected chi connectivity index (χ0v) is 38.1. The molecule has 0 amide bonds. The maximum Gasteiger partial charge on any atom is 0.472 e. The maximum atomic E-state index is 12.6. The van der Waals surface area contributed by atoms with Gasteiger partial charge in [-0.25, -0.2) is 4.57 Å². The van der Waals surface area contributed by atoms with Crippen molar-refractivity contribution in [3.05, 3.63) is 48.6 Å². The second kappa shape index (κ2) is 41.3. The van der Waals surface area contributed by atoms with Crippen molar-refractivity contribution in [2.45, 2.75) is 206 Å². The fourth-order valence-electron chi connectivity index (χ4n) is 6.19. The number of aliphatic hydroxyl groups is 3. The van der Waals surface area contributed by atoms with E-state index in [1.54, 1.807) is 0 Å². The average Bonchev–Trinajstić information content (AvgIpc) is 3.20. The van der Waals surface area contributed by atoms with Gasteiger partial charge in [0.1, 0.15) is 12.7 Å². The van der Waals surface area contributed by atoms with Gasteiger partial charge in [0.05, 0.1) is 25.9 Å². The Hall–Kier alpha value is -2.11. The summed E-state index contributed by atoms with van der Waals surface area (Å²) < 4.78 is 32.7.